The fourth-order valence-electron chi connectivity index (χ4n) is 2.90. The molecular weight excluding hydrogens is 378 g/mol. The molecule has 3 heterocycles. The Labute approximate surface area is 165 Å². The summed E-state index contributed by atoms with van der Waals surface area (Å²) in [5.41, 5.74) is 2.38. The van der Waals surface area contributed by atoms with Crippen molar-refractivity contribution < 1.29 is 23.8 Å². The zero-order valence-electron chi connectivity index (χ0n) is 16.1. The summed E-state index contributed by atoms with van der Waals surface area (Å²) in [5.74, 6) is 0.217. The third-order valence-electron chi connectivity index (χ3n) is 4.36. The summed E-state index contributed by atoms with van der Waals surface area (Å²) in [6.45, 7) is 5.58. The van der Waals surface area contributed by atoms with Crippen molar-refractivity contribution >= 4 is 17.7 Å². The molecule has 10 nitrogen and oxygen atoms in total. The number of carbonyl (C=O) groups is 2. The van der Waals surface area contributed by atoms with Crippen LogP contribution < -0.4 is 14.8 Å². The van der Waals surface area contributed by atoms with E-state index in [-0.39, 0.29) is 19.2 Å². The Morgan fingerprint density at radius 3 is 2.83 bits per heavy atom. The average molecular weight is 397 g/mol. The van der Waals surface area contributed by atoms with Crippen molar-refractivity contribution in [3.8, 4) is 11.5 Å². The molecule has 2 aromatic heterocycles. The molecule has 29 heavy (non-hydrogen) atoms. The average Bonchev–Trinajstić information content (AvgIpc) is 3.32. The van der Waals surface area contributed by atoms with Crippen LogP contribution in [0.4, 0.5) is 0 Å². The van der Waals surface area contributed by atoms with Crippen molar-refractivity contribution in [2.75, 3.05) is 6.79 Å². The third kappa shape index (κ3) is 3.82. The highest BCUT2D eigenvalue weighted by Gasteiger charge is 2.23. The zero-order chi connectivity index (χ0) is 20.5. The van der Waals surface area contributed by atoms with Crippen LogP contribution in [0, 0.1) is 13.8 Å². The molecule has 0 saturated heterocycles. The predicted octanol–water partition coefficient (Wildman–Crippen LogP) is 1.33. The van der Waals surface area contributed by atoms with Gasteiger partial charge in [-0.1, -0.05) is 6.07 Å². The van der Waals surface area contributed by atoms with Gasteiger partial charge in [-0.25, -0.2) is 14.3 Å². The van der Waals surface area contributed by atoms with Crippen LogP contribution in [0.1, 0.15) is 34.5 Å². The van der Waals surface area contributed by atoms with Gasteiger partial charge < -0.3 is 19.5 Å². The molecule has 0 bridgehead atoms. The summed E-state index contributed by atoms with van der Waals surface area (Å²) in [6.07, 6.45) is -1.01. The molecule has 1 aromatic carbocycles. The molecule has 0 radical (unpaired) electrons. The molecule has 0 aliphatic carbocycles. The van der Waals surface area contributed by atoms with Crippen LogP contribution in [-0.4, -0.2) is 44.4 Å². The number of nitrogens with zero attached hydrogens (tertiary/aromatic N) is 4. The quantitative estimate of drug-likeness (QED) is 0.641. The van der Waals surface area contributed by atoms with E-state index in [2.05, 4.69) is 20.4 Å². The van der Waals surface area contributed by atoms with Gasteiger partial charge in [-0.15, -0.1) is 5.10 Å². The van der Waals surface area contributed by atoms with Crippen LogP contribution in [0.3, 0.4) is 0 Å². The molecule has 0 saturated carbocycles. The van der Waals surface area contributed by atoms with Gasteiger partial charge in [-0.2, -0.15) is 4.98 Å². The SMILES string of the molecule is Cc1cc(C)n2nc(C(=O)O[C@@H](C)C(=O)NCc3ccc4c(c3)OCO4)nc2n1. The van der Waals surface area contributed by atoms with Crippen molar-refractivity contribution in [3.63, 3.8) is 0 Å². The summed E-state index contributed by atoms with van der Waals surface area (Å²) in [7, 11) is 0. The van der Waals surface area contributed by atoms with Crippen molar-refractivity contribution in [2.45, 2.75) is 33.4 Å². The predicted molar refractivity (Wildman–Crippen MR) is 99.5 cm³/mol. The van der Waals surface area contributed by atoms with Gasteiger partial charge in [0.25, 0.3) is 17.5 Å². The summed E-state index contributed by atoms with van der Waals surface area (Å²) < 4.78 is 17.2. The second-order valence-electron chi connectivity index (χ2n) is 6.64. The zero-order valence-corrected chi connectivity index (χ0v) is 16.1. The van der Waals surface area contributed by atoms with Gasteiger partial charge >= 0.3 is 5.97 Å². The fourth-order valence-corrected chi connectivity index (χ4v) is 2.90. The number of benzene rings is 1. The lowest BCUT2D eigenvalue weighted by molar-refractivity contribution is -0.129. The minimum absolute atomic E-state index is 0.151. The monoisotopic (exact) mass is 397 g/mol. The van der Waals surface area contributed by atoms with E-state index < -0.39 is 18.0 Å². The number of hydrogen-bond donors (Lipinski definition) is 1. The number of hydrogen-bond acceptors (Lipinski definition) is 8. The van der Waals surface area contributed by atoms with E-state index >= 15 is 0 Å². The van der Waals surface area contributed by atoms with Crippen molar-refractivity contribution in [1.82, 2.24) is 24.9 Å². The minimum Gasteiger partial charge on any atom is -0.454 e. The Bertz CT molecular complexity index is 1110. The summed E-state index contributed by atoms with van der Waals surface area (Å²) in [5, 5.41) is 6.82. The van der Waals surface area contributed by atoms with E-state index in [1.165, 1.54) is 11.4 Å². The van der Waals surface area contributed by atoms with Crippen LogP contribution in [0.15, 0.2) is 24.3 Å². The summed E-state index contributed by atoms with van der Waals surface area (Å²) in [4.78, 5) is 32.9. The number of aromatic nitrogens is 4. The molecule has 0 fully saturated rings. The Hall–Kier alpha value is -3.69. The number of rotatable bonds is 5. The van der Waals surface area contributed by atoms with Gasteiger partial charge in [0, 0.05) is 17.9 Å². The Morgan fingerprint density at radius 1 is 1.21 bits per heavy atom. The number of nitrogens with one attached hydrogen (secondary N) is 1. The van der Waals surface area contributed by atoms with Gasteiger partial charge in [0.05, 0.1) is 0 Å². The number of aryl methyl sites for hydroxylation is 2. The highest BCUT2D eigenvalue weighted by molar-refractivity contribution is 5.89. The minimum atomic E-state index is -1.01. The number of amides is 1. The van der Waals surface area contributed by atoms with Crippen molar-refractivity contribution in [2.24, 2.45) is 0 Å². The van der Waals surface area contributed by atoms with Gasteiger partial charge in [-0.05, 0) is 44.5 Å². The van der Waals surface area contributed by atoms with Gasteiger partial charge in [-0.3, -0.25) is 4.79 Å². The van der Waals surface area contributed by atoms with E-state index in [1.54, 1.807) is 12.1 Å². The van der Waals surface area contributed by atoms with Crippen LogP contribution in [0.5, 0.6) is 11.5 Å². The van der Waals surface area contributed by atoms with Gasteiger partial charge in [0.15, 0.2) is 17.6 Å². The first-order chi connectivity index (χ1) is 13.9. The molecule has 1 aliphatic rings. The molecule has 1 atom stereocenters. The number of fused-ring (bicyclic) bond motifs is 2. The largest absolute Gasteiger partial charge is 0.454 e. The first-order valence-electron chi connectivity index (χ1n) is 8.99. The maximum atomic E-state index is 12.3. The first-order valence-corrected chi connectivity index (χ1v) is 8.99. The van der Waals surface area contributed by atoms with E-state index in [0.29, 0.717) is 17.3 Å². The van der Waals surface area contributed by atoms with Gasteiger partial charge in [0.1, 0.15) is 0 Å². The normalized spacial score (nSPS) is 13.3. The third-order valence-corrected chi connectivity index (χ3v) is 4.36. The lowest BCUT2D eigenvalue weighted by Crippen LogP contribution is -2.35. The lowest BCUT2D eigenvalue weighted by atomic mass is 10.2. The van der Waals surface area contributed by atoms with E-state index in [0.717, 1.165) is 17.0 Å². The smallest absolute Gasteiger partial charge is 0.379 e. The molecule has 1 N–H and O–H groups in total. The second kappa shape index (κ2) is 7.38. The number of ether oxygens (including phenoxy) is 3. The molecule has 1 aliphatic heterocycles. The topological polar surface area (TPSA) is 117 Å². The Kier molecular flexibility index (Phi) is 4.75. The van der Waals surface area contributed by atoms with E-state index in [9.17, 15) is 9.59 Å². The molecular formula is C19H19N5O5. The standard InChI is InChI=1S/C19H19N5O5/c1-10-6-11(2)24-19(21-10)22-16(23-24)18(26)29-12(3)17(25)20-8-13-4-5-14-15(7-13)28-9-27-14/h4-7,12H,8-9H2,1-3H3,(H,20,25)/t12-/m0/s1. The summed E-state index contributed by atoms with van der Waals surface area (Å²) in [6, 6.07) is 7.21. The highest BCUT2D eigenvalue weighted by atomic mass is 16.7. The summed E-state index contributed by atoms with van der Waals surface area (Å²) >= 11 is 0. The van der Waals surface area contributed by atoms with Crippen molar-refractivity contribution in [3.05, 3.63) is 47.0 Å². The molecule has 0 spiro atoms. The highest BCUT2D eigenvalue weighted by Crippen LogP contribution is 2.32. The molecule has 4 rings (SSSR count). The fraction of sp³-hybridized carbons (Fsp3) is 0.316. The number of carbonyl (C=O) groups excluding carboxylic acids is 2. The molecule has 0 unspecified atom stereocenters. The van der Waals surface area contributed by atoms with Crippen molar-refractivity contribution in [1.29, 1.82) is 0 Å². The Balaban J connectivity index is 1.37. The van der Waals surface area contributed by atoms with Crippen LogP contribution in [0.2, 0.25) is 0 Å². The van der Waals surface area contributed by atoms with E-state index in [4.69, 9.17) is 14.2 Å². The maximum absolute atomic E-state index is 12.3. The molecule has 3 aromatic rings. The van der Waals surface area contributed by atoms with Crippen LogP contribution in [0.25, 0.3) is 5.78 Å². The molecule has 1 amide bonds. The second-order valence-corrected chi connectivity index (χ2v) is 6.64. The maximum Gasteiger partial charge on any atom is 0.379 e. The van der Waals surface area contributed by atoms with Gasteiger partial charge in [0.2, 0.25) is 6.79 Å². The Morgan fingerprint density at radius 2 is 2.00 bits per heavy atom. The number of esters is 1. The molecule has 150 valence electrons. The molecule has 10 heteroatoms. The van der Waals surface area contributed by atoms with E-state index in [1.807, 2.05) is 26.0 Å². The lowest BCUT2D eigenvalue weighted by Gasteiger charge is -2.12. The van der Waals surface area contributed by atoms with Crippen LogP contribution >= 0.6 is 0 Å². The first kappa shape index (κ1) is 18.7. The van der Waals surface area contributed by atoms with Crippen LogP contribution in [-0.2, 0) is 16.1 Å².